The van der Waals surface area contributed by atoms with Crippen molar-refractivity contribution in [1.82, 2.24) is 15.2 Å². The lowest BCUT2D eigenvalue weighted by atomic mass is 10.3. The first-order valence-corrected chi connectivity index (χ1v) is 7.21. The number of benzene rings is 1. The Morgan fingerprint density at radius 1 is 1.21 bits per heavy atom. The van der Waals surface area contributed by atoms with Gasteiger partial charge in [0.15, 0.2) is 17.6 Å². The Kier molecular flexibility index (Phi) is 8.51. The van der Waals surface area contributed by atoms with Gasteiger partial charge in [0.25, 0.3) is 0 Å². The van der Waals surface area contributed by atoms with Gasteiger partial charge in [-0.3, -0.25) is 4.99 Å². The third-order valence-electron chi connectivity index (χ3n) is 3.13. The Morgan fingerprint density at radius 3 is 2.62 bits per heavy atom. The highest BCUT2D eigenvalue weighted by atomic mass is 127. The number of rotatable bonds is 6. The Bertz CT molecular complexity index is 676. The smallest absolute Gasteiger partial charge is 0.191 e. The van der Waals surface area contributed by atoms with Gasteiger partial charge in [0.2, 0.25) is 0 Å². The van der Waals surface area contributed by atoms with Crippen LogP contribution in [0.3, 0.4) is 0 Å². The molecule has 0 radical (unpaired) electrons. The van der Waals surface area contributed by atoms with Crippen LogP contribution >= 0.6 is 24.0 Å². The zero-order valence-corrected chi connectivity index (χ0v) is 15.9. The first-order valence-electron chi connectivity index (χ1n) is 7.21. The van der Waals surface area contributed by atoms with Crippen molar-refractivity contribution in [3.63, 3.8) is 0 Å². The number of ether oxygens (including phenoxy) is 1. The summed E-state index contributed by atoms with van der Waals surface area (Å²) in [6.07, 6.45) is 4.00. The highest BCUT2D eigenvalue weighted by Crippen LogP contribution is 2.14. The molecule has 2 aromatic rings. The minimum absolute atomic E-state index is 0. The van der Waals surface area contributed by atoms with Crippen molar-refractivity contribution in [2.45, 2.75) is 6.54 Å². The largest absolute Gasteiger partial charge is 0.492 e. The fourth-order valence-corrected chi connectivity index (χ4v) is 1.98. The van der Waals surface area contributed by atoms with Gasteiger partial charge in [0.05, 0.1) is 6.54 Å². The molecule has 5 nitrogen and oxygen atoms in total. The lowest BCUT2D eigenvalue weighted by Gasteiger charge is -2.12. The van der Waals surface area contributed by atoms with E-state index in [0.29, 0.717) is 25.7 Å². The van der Waals surface area contributed by atoms with Gasteiger partial charge in [0, 0.05) is 39.1 Å². The standard InChI is InChI=1S/C16H20F2N4O.HI/c1-19-16(21-10-12-5-7-22(2)11-12)20-6-8-23-13-3-4-14(17)15(18)9-13;/h3-5,7,9,11H,6,8,10H2,1-2H3,(H2,19,20,21);1H. The van der Waals surface area contributed by atoms with Crippen molar-refractivity contribution in [2.75, 3.05) is 20.2 Å². The lowest BCUT2D eigenvalue weighted by molar-refractivity contribution is 0.318. The van der Waals surface area contributed by atoms with Gasteiger partial charge in [-0.05, 0) is 23.8 Å². The van der Waals surface area contributed by atoms with E-state index in [-0.39, 0.29) is 29.7 Å². The summed E-state index contributed by atoms with van der Waals surface area (Å²) in [5, 5.41) is 6.26. The molecule has 132 valence electrons. The van der Waals surface area contributed by atoms with Crippen molar-refractivity contribution < 1.29 is 13.5 Å². The van der Waals surface area contributed by atoms with E-state index in [1.54, 1.807) is 7.05 Å². The number of guanidine groups is 1. The first kappa shape index (κ1) is 20.2. The second-order valence-electron chi connectivity index (χ2n) is 4.96. The van der Waals surface area contributed by atoms with Crippen molar-refractivity contribution >= 4 is 29.9 Å². The summed E-state index contributed by atoms with van der Waals surface area (Å²) in [7, 11) is 3.64. The zero-order valence-electron chi connectivity index (χ0n) is 13.6. The zero-order chi connectivity index (χ0) is 16.7. The molecule has 0 bridgehead atoms. The van der Waals surface area contributed by atoms with Gasteiger partial charge in [-0.1, -0.05) is 0 Å². The highest BCUT2D eigenvalue weighted by Gasteiger charge is 2.03. The molecule has 0 unspecified atom stereocenters. The SMILES string of the molecule is CN=C(NCCOc1ccc(F)c(F)c1)NCc1ccn(C)c1.I. The molecule has 0 fully saturated rings. The van der Waals surface area contributed by atoms with Gasteiger partial charge < -0.3 is 19.9 Å². The predicted octanol–water partition coefficient (Wildman–Crippen LogP) is 2.67. The molecule has 1 aromatic carbocycles. The number of nitrogens with zero attached hydrogens (tertiary/aromatic N) is 2. The Labute approximate surface area is 157 Å². The monoisotopic (exact) mass is 450 g/mol. The molecule has 0 saturated heterocycles. The number of aryl methyl sites for hydroxylation is 1. The topological polar surface area (TPSA) is 50.6 Å². The molecular weight excluding hydrogens is 429 g/mol. The maximum absolute atomic E-state index is 13.0. The Balaban J connectivity index is 0.00000288. The molecule has 24 heavy (non-hydrogen) atoms. The van der Waals surface area contributed by atoms with E-state index in [9.17, 15) is 8.78 Å². The van der Waals surface area contributed by atoms with Crippen LogP contribution in [0.25, 0.3) is 0 Å². The van der Waals surface area contributed by atoms with E-state index in [4.69, 9.17) is 4.74 Å². The minimum Gasteiger partial charge on any atom is -0.492 e. The van der Waals surface area contributed by atoms with Gasteiger partial charge in [-0.15, -0.1) is 24.0 Å². The second-order valence-corrected chi connectivity index (χ2v) is 4.96. The summed E-state index contributed by atoms with van der Waals surface area (Å²) in [6.45, 7) is 1.44. The van der Waals surface area contributed by atoms with Crippen molar-refractivity contribution in [1.29, 1.82) is 0 Å². The van der Waals surface area contributed by atoms with Crippen LogP contribution in [0.15, 0.2) is 41.7 Å². The molecule has 0 atom stereocenters. The summed E-state index contributed by atoms with van der Waals surface area (Å²) < 4.78 is 33.2. The maximum atomic E-state index is 13.0. The summed E-state index contributed by atoms with van der Waals surface area (Å²) in [4.78, 5) is 4.10. The van der Waals surface area contributed by atoms with Gasteiger partial charge in [-0.2, -0.15) is 0 Å². The molecule has 2 rings (SSSR count). The Morgan fingerprint density at radius 2 is 2.00 bits per heavy atom. The van der Waals surface area contributed by atoms with Crippen molar-refractivity contribution in [3.8, 4) is 5.75 Å². The van der Waals surface area contributed by atoms with Gasteiger partial charge >= 0.3 is 0 Å². The summed E-state index contributed by atoms with van der Waals surface area (Å²) in [5.41, 5.74) is 1.15. The average Bonchev–Trinajstić information content (AvgIpc) is 2.95. The number of halogens is 3. The van der Waals surface area contributed by atoms with E-state index in [1.807, 2.05) is 30.1 Å². The second kappa shape index (κ2) is 10.1. The molecule has 1 aromatic heterocycles. The van der Waals surface area contributed by atoms with E-state index in [2.05, 4.69) is 15.6 Å². The molecule has 2 N–H and O–H groups in total. The molecule has 0 saturated carbocycles. The Hall–Kier alpha value is -1.84. The molecule has 0 amide bonds. The normalized spacial score (nSPS) is 10.9. The number of aliphatic imine (C=N–C) groups is 1. The number of hydrogen-bond acceptors (Lipinski definition) is 2. The van der Waals surface area contributed by atoms with Crippen molar-refractivity contribution in [2.24, 2.45) is 12.0 Å². The van der Waals surface area contributed by atoms with Crippen LogP contribution in [0.2, 0.25) is 0 Å². The fourth-order valence-electron chi connectivity index (χ4n) is 1.98. The summed E-state index contributed by atoms with van der Waals surface area (Å²) in [6, 6.07) is 5.48. The quantitative estimate of drug-likeness (QED) is 0.308. The third-order valence-corrected chi connectivity index (χ3v) is 3.13. The van der Waals surface area contributed by atoms with Crippen LogP contribution in [0.1, 0.15) is 5.56 Å². The molecule has 0 aliphatic carbocycles. The molecule has 0 aliphatic heterocycles. The van der Waals surface area contributed by atoms with E-state index in [1.165, 1.54) is 6.07 Å². The van der Waals surface area contributed by atoms with Gasteiger partial charge in [0.1, 0.15) is 12.4 Å². The van der Waals surface area contributed by atoms with E-state index in [0.717, 1.165) is 17.7 Å². The summed E-state index contributed by atoms with van der Waals surface area (Å²) in [5.74, 6) is -0.877. The predicted molar refractivity (Wildman–Crippen MR) is 101 cm³/mol. The van der Waals surface area contributed by atoms with Gasteiger partial charge in [-0.25, -0.2) is 8.78 Å². The molecule has 1 heterocycles. The van der Waals surface area contributed by atoms with Crippen LogP contribution in [-0.4, -0.2) is 30.7 Å². The van der Waals surface area contributed by atoms with E-state index >= 15 is 0 Å². The van der Waals surface area contributed by atoms with Crippen LogP contribution in [0.4, 0.5) is 8.78 Å². The first-order chi connectivity index (χ1) is 11.1. The van der Waals surface area contributed by atoms with Crippen LogP contribution < -0.4 is 15.4 Å². The van der Waals surface area contributed by atoms with Crippen LogP contribution in [0.5, 0.6) is 5.75 Å². The maximum Gasteiger partial charge on any atom is 0.191 e. The number of hydrogen-bond donors (Lipinski definition) is 2. The van der Waals surface area contributed by atoms with Crippen LogP contribution in [0, 0.1) is 11.6 Å². The fraction of sp³-hybridized carbons (Fsp3) is 0.312. The van der Waals surface area contributed by atoms with Crippen LogP contribution in [-0.2, 0) is 13.6 Å². The van der Waals surface area contributed by atoms with Crippen molar-refractivity contribution in [3.05, 3.63) is 53.9 Å². The molecule has 0 spiro atoms. The molecule has 8 heteroatoms. The minimum atomic E-state index is -0.921. The summed E-state index contributed by atoms with van der Waals surface area (Å²) >= 11 is 0. The van der Waals surface area contributed by atoms with E-state index < -0.39 is 11.6 Å². The number of nitrogens with one attached hydrogen (secondary N) is 2. The third kappa shape index (κ3) is 6.34. The highest BCUT2D eigenvalue weighted by molar-refractivity contribution is 14.0. The molecule has 0 aliphatic rings. The number of aromatic nitrogens is 1. The molecular formula is C16H21F2IN4O. The lowest BCUT2D eigenvalue weighted by Crippen LogP contribution is -2.38. The average molecular weight is 450 g/mol.